The predicted molar refractivity (Wildman–Crippen MR) is 448 cm³/mol. The zero-order chi connectivity index (χ0) is 79.9. The lowest BCUT2D eigenvalue weighted by Crippen LogP contribution is -2.42. The van der Waals surface area contributed by atoms with Crippen LogP contribution in [0.2, 0.25) is 0 Å². The van der Waals surface area contributed by atoms with E-state index < -0.39 is 77.7 Å². The van der Waals surface area contributed by atoms with Crippen molar-refractivity contribution >= 4 is 135 Å². The Balaban J connectivity index is 0.000000480. The van der Waals surface area contributed by atoms with Crippen molar-refractivity contribution in [3.05, 3.63) is 132 Å². The first kappa shape index (κ1) is 97.1. The summed E-state index contributed by atoms with van der Waals surface area (Å²) in [5.74, 6) is 0.0634. The lowest BCUT2D eigenvalue weighted by molar-refractivity contribution is -0.384. The summed E-state index contributed by atoms with van der Waals surface area (Å²) in [6, 6.07) is 27.5. The number of carbonyl (C=O) groups is 6. The number of rotatable bonds is 19. The fourth-order valence-electron chi connectivity index (χ4n) is 10.5. The normalized spacial score (nSPS) is 14.1. The topological polar surface area (TPSA) is 394 Å². The van der Waals surface area contributed by atoms with Crippen LogP contribution in [0.5, 0.6) is 5.75 Å². The van der Waals surface area contributed by atoms with E-state index in [1.165, 1.54) is 65.1 Å². The van der Waals surface area contributed by atoms with Crippen molar-refractivity contribution < 1.29 is 84.1 Å². The van der Waals surface area contributed by atoms with E-state index in [4.69, 9.17) is 33.5 Å². The zero-order valence-corrected chi connectivity index (χ0v) is 69.4. The average molecular weight is 1670 g/mol. The monoisotopic (exact) mass is 1670 g/mol. The van der Waals surface area contributed by atoms with Gasteiger partial charge in [-0.25, -0.2) is 65.0 Å². The molecule has 7 N–H and O–H groups in total. The van der Waals surface area contributed by atoms with Crippen LogP contribution in [0, 0.1) is 10.1 Å². The molecule has 5 aromatic carbocycles. The summed E-state index contributed by atoms with van der Waals surface area (Å²) < 4.78 is 91.4. The minimum absolute atomic E-state index is 0. The van der Waals surface area contributed by atoms with Crippen molar-refractivity contribution in [2.24, 2.45) is 0 Å². The van der Waals surface area contributed by atoms with Gasteiger partial charge in [-0.05, 0) is 221 Å². The number of nitrogens with zero attached hydrogens (tertiary/aromatic N) is 5. The number of thiazole rings is 2. The lowest BCUT2D eigenvalue weighted by Gasteiger charge is -2.28. The number of nitrogens with one attached hydrogen (secondary N) is 6. The highest BCUT2D eigenvalue weighted by molar-refractivity contribution is 7.90. The molecule has 2 atom stereocenters. The summed E-state index contributed by atoms with van der Waals surface area (Å²) in [6.07, 6.45) is 2.29. The Bertz CT molecular complexity index is 4550. The number of hydrogen-bond donors (Lipinski definition) is 7. The molecular formula is C76H107N11O19S6. The van der Waals surface area contributed by atoms with Gasteiger partial charge in [0.2, 0.25) is 20.0 Å². The van der Waals surface area contributed by atoms with E-state index in [1.807, 2.05) is 20.8 Å². The van der Waals surface area contributed by atoms with Gasteiger partial charge in [-0.3, -0.25) is 31.4 Å². The number of amides is 6. The Morgan fingerprint density at radius 3 is 1.28 bits per heavy atom. The second-order valence-electron chi connectivity index (χ2n) is 29.6. The van der Waals surface area contributed by atoms with Crippen LogP contribution in [0.25, 0.3) is 42.0 Å². The summed E-state index contributed by atoms with van der Waals surface area (Å²) >= 11 is 2.56. The number of non-ortho nitro benzene ring substituents is 1. The van der Waals surface area contributed by atoms with Gasteiger partial charge < -0.3 is 43.3 Å². The number of likely N-dealkylation sites (tertiary alicyclic amines) is 2. The van der Waals surface area contributed by atoms with Crippen LogP contribution in [0.4, 0.5) is 57.2 Å². The minimum atomic E-state index is -4.09. The van der Waals surface area contributed by atoms with Gasteiger partial charge in [0.05, 0.1) is 55.4 Å². The van der Waals surface area contributed by atoms with E-state index in [1.54, 1.807) is 179 Å². The van der Waals surface area contributed by atoms with E-state index in [2.05, 4.69) is 40.7 Å². The first-order chi connectivity index (χ1) is 50.3. The fraction of sp³-hybridized carbons (Fsp3) is 0.447. The Morgan fingerprint density at radius 2 is 0.911 bits per heavy atom. The van der Waals surface area contributed by atoms with E-state index in [0.717, 1.165) is 30.4 Å². The molecule has 7 aromatic rings. The number of aliphatic hydroxyl groups is 1. The quantitative estimate of drug-likeness (QED) is 0.0225. The molecular weight excluding hydrogens is 1560 g/mol. The number of aromatic nitrogens is 2. The molecule has 2 aromatic heterocycles. The molecule has 0 unspecified atom stereocenters. The van der Waals surface area contributed by atoms with Gasteiger partial charge in [0.25, 0.3) is 5.69 Å². The standard InChI is InChI=1S/C34H45N5O8S2.C30H31N5O8S2.C10H19NO3.2CH4.2H2S/c1-21(2)46-31(41)36-23-13-11-22(12-14-23)29-35-19-27(48-29)26-16-15-24(18-28(26)49(43,44)38-33(3,4)5)37-30(40)45-20-25-10-9-17-39(25)32(42)47-34(6,7)8;1-18(2)42-28(36)32-20-8-6-19(7-9-20)27-31-17-25(44-27)24-15-10-21(16-26(24)45(40,41)34-30(3,4)5)33-29(37)43-23-13-11-22(12-14-23)35(38)39;1-10(2,3)14-9(13)11-6-4-5-8(11)7-12;;;;/h11-16,18-19,21,25,38H,9-10,17,20H2,1-8H3,(H,36,41)(H,37,40);6-18,34H,1-5H3,(H,32,36)(H,33,37);8,12H,4-7H2,1-3H3;2*1H4;2*1H2/t25-;;8-;;;;/m0.0..../s1. The Labute approximate surface area is 678 Å². The summed E-state index contributed by atoms with van der Waals surface area (Å²) in [5, 5.41) is 31.6. The van der Waals surface area contributed by atoms with Crippen LogP contribution in [0.1, 0.15) is 151 Å². The van der Waals surface area contributed by atoms with Crippen molar-refractivity contribution in [1.29, 1.82) is 0 Å². The molecule has 2 aliphatic rings. The van der Waals surface area contributed by atoms with Crippen molar-refractivity contribution in [3.8, 4) is 47.8 Å². The molecule has 2 saturated heterocycles. The van der Waals surface area contributed by atoms with Crippen molar-refractivity contribution in [3.63, 3.8) is 0 Å². The number of carbonyl (C=O) groups excluding carboxylic acids is 6. The second-order valence-corrected chi connectivity index (χ2v) is 35.0. The van der Waals surface area contributed by atoms with Gasteiger partial charge in [-0.1, -0.05) is 27.0 Å². The highest BCUT2D eigenvalue weighted by atomic mass is 32.2. The number of sulfonamides is 2. The molecule has 9 rings (SSSR count). The molecule has 0 radical (unpaired) electrons. The number of nitro groups is 1. The van der Waals surface area contributed by atoms with Crippen LogP contribution >= 0.6 is 49.7 Å². The number of hydrogen-bond acceptors (Lipinski definition) is 23. The highest BCUT2D eigenvalue weighted by Gasteiger charge is 2.35. The van der Waals surface area contributed by atoms with Gasteiger partial charge in [0, 0.05) is 93.7 Å². The highest BCUT2D eigenvalue weighted by Crippen LogP contribution is 2.40. The van der Waals surface area contributed by atoms with Crippen LogP contribution in [-0.4, -0.2) is 156 Å². The number of aliphatic hydroxyl groups excluding tert-OH is 1. The van der Waals surface area contributed by atoms with Crippen molar-refractivity contribution in [2.45, 2.75) is 208 Å². The third-order valence-electron chi connectivity index (χ3n) is 14.8. The maximum Gasteiger partial charge on any atom is 0.417 e. The first-order valence-electron chi connectivity index (χ1n) is 34.5. The summed E-state index contributed by atoms with van der Waals surface area (Å²) in [7, 11) is -8.15. The van der Waals surface area contributed by atoms with Crippen molar-refractivity contribution in [1.82, 2.24) is 29.2 Å². The van der Waals surface area contributed by atoms with Gasteiger partial charge in [-0.2, -0.15) is 27.0 Å². The molecule has 2 fully saturated rings. The van der Waals surface area contributed by atoms with Crippen LogP contribution in [-0.2, 0) is 43.7 Å². The smallest absolute Gasteiger partial charge is 0.417 e. The molecule has 30 nitrogen and oxygen atoms in total. The SMILES string of the molecule is C.C.CC(C)(C)OC(=O)N1CCC[C@H]1CO.CC(C)OC(=O)Nc1ccc(-c2ncc(-c3ccc(NC(=O)OC[C@@H]4CCCN4C(=O)OC(C)(C)C)cc3S(=O)(=O)NC(C)(C)C)s2)cc1.CC(C)OC(=O)Nc1ccc(-c2ncc(-c3ccc(NC(=O)Oc4ccc([N+](=O)[O-])cc4)cc3S(=O)(=O)NC(C)(C)C)s2)cc1.S.S. The molecule has 0 spiro atoms. The molecule has 0 saturated carbocycles. The third kappa shape index (κ3) is 30.4. The first-order valence-corrected chi connectivity index (χ1v) is 39.1. The van der Waals surface area contributed by atoms with Gasteiger partial charge >= 0.3 is 36.6 Å². The van der Waals surface area contributed by atoms with E-state index >= 15 is 0 Å². The van der Waals surface area contributed by atoms with E-state index in [0.29, 0.717) is 61.8 Å². The van der Waals surface area contributed by atoms with E-state index in [9.17, 15) is 55.7 Å². The second kappa shape index (κ2) is 41.6. The maximum absolute atomic E-state index is 13.7. The predicted octanol–water partition coefficient (Wildman–Crippen LogP) is 17.4. The fourth-order valence-corrected chi connectivity index (χ4v) is 15.9. The molecule has 0 aliphatic carbocycles. The average Bonchev–Trinajstić information content (AvgIpc) is 1.35. The van der Waals surface area contributed by atoms with Gasteiger partial charge in [-0.15, -0.1) is 22.7 Å². The Kier molecular flexibility index (Phi) is 36.0. The van der Waals surface area contributed by atoms with Crippen molar-refractivity contribution in [2.75, 3.05) is 47.6 Å². The van der Waals surface area contributed by atoms with Gasteiger partial charge in [0.1, 0.15) is 33.6 Å². The maximum atomic E-state index is 13.7. The summed E-state index contributed by atoms with van der Waals surface area (Å²) in [4.78, 5) is 96.9. The zero-order valence-electron chi connectivity index (χ0n) is 64.2. The number of benzene rings is 5. The van der Waals surface area contributed by atoms with Gasteiger partial charge in [0.15, 0.2) is 0 Å². The molecule has 616 valence electrons. The Morgan fingerprint density at radius 1 is 0.545 bits per heavy atom. The Hall–Kier alpha value is -9.14. The molecule has 4 heterocycles. The number of nitro benzene ring substituents is 1. The third-order valence-corrected chi connectivity index (χ3v) is 20.5. The van der Waals surface area contributed by atoms with Crippen LogP contribution in [0.3, 0.4) is 0 Å². The molecule has 6 amide bonds. The number of ether oxygens (including phenoxy) is 6. The molecule has 112 heavy (non-hydrogen) atoms. The van der Waals surface area contributed by atoms with Crippen LogP contribution in [0.15, 0.2) is 131 Å². The molecule has 2 aliphatic heterocycles. The largest absolute Gasteiger partial charge is 0.447 e. The summed E-state index contributed by atoms with van der Waals surface area (Å²) in [5.41, 5.74) is 0.867. The lowest BCUT2D eigenvalue weighted by atomic mass is 10.1. The van der Waals surface area contributed by atoms with E-state index in [-0.39, 0.29) is 118 Å². The molecule has 0 bridgehead atoms. The molecule has 36 heteroatoms. The summed E-state index contributed by atoms with van der Waals surface area (Å²) in [6.45, 7) is 29.4. The minimum Gasteiger partial charge on any atom is -0.447 e. The number of anilines is 4. The van der Waals surface area contributed by atoms with Crippen LogP contribution < -0.4 is 35.4 Å².